The van der Waals surface area contributed by atoms with Gasteiger partial charge >= 0.3 is 0 Å². The summed E-state index contributed by atoms with van der Waals surface area (Å²) < 4.78 is 2.79. The van der Waals surface area contributed by atoms with Gasteiger partial charge in [0.15, 0.2) is 4.34 Å². The van der Waals surface area contributed by atoms with Crippen molar-refractivity contribution < 1.29 is 4.79 Å². The van der Waals surface area contributed by atoms with E-state index in [4.69, 9.17) is 0 Å². The highest BCUT2D eigenvalue weighted by atomic mass is 32.2. The van der Waals surface area contributed by atoms with Crippen molar-refractivity contribution in [3.8, 4) is 0 Å². The molecule has 0 unspecified atom stereocenters. The molecule has 108 valence electrons. The molecule has 0 spiro atoms. The zero-order valence-electron chi connectivity index (χ0n) is 11.5. The summed E-state index contributed by atoms with van der Waals surface area (Å²) in [6, 6.07) is 2.05. The standard InChI is InChI=1S/C12H17N5OS2/c1-9-6-10(2)17(16-9)5-3-4-13-11(18)7-19-12-15-14-8-20-12/h6,8H,3-5,7H2,1-2H3,(H,13,18). The SMILES string of the molecule is Cc1cc(C)n(CCCNC(=O)CSc2nncs2)n1. The van der Waals surface area contributed by atoms with Gasteiger partial charge in [-0.15, -0.1) is 10.2 Å². The summed E-state index contributed by atoms with van der Waals surface area (Å²) in [7, 11) is 0. The predicted octanol–water partition coefficient (Wildman–Crippen LogP) is 1.65. The summed E-state index contributed by atoms with van der Waals surface area (Å²) >= 11 is 2.85. The molecule has 0 atom stereocenters. The van der Waals surface area contributed by atoms with Crippen LogP contribution in [0.25, 0.3) is 0 Å². The van der Waals surface area contributed by atoms with Crippen LogP contribution in [-0.4, -0.2) is 38.2 Å². The first kappa shape index (κ1) is 15.0. The van der Waals surface area contributed by atoms with E-state index in [0.29, 0.717) is 12.3 Å². The smallest absolute Gasteiger partial charge is 0.230 e. The molecule has 0 aliphatic heterocycles. The molecule has 2 aromatic heterocycles. The largest absolute Gasteiger partial charge is 0.355 e. The van der Waals surface area contributed by atoms with E-state index in [2.05, 4.69) is 26.7 Å². The van der Waals surface area contributed by atoms with E-state index in [1.54, 1.807) is 5.51 Å². The van der Waals surface area contributed by atoms with E-state index in [-0.39, 0.29) is 5.91 Å². The molecule has 0 saturated carbocycles. The van der Waals surface area contributed by atoms with Gasteiger partial charge in [-0.2, -0.15) is 5.10 Å². The molecular weight excluding hydrogens is 294 g/mol. The van der Waals surface area contributed by atoms with Crippen LogP contribution in [0.15, 0.2) is 15.9 Å². The molecule has 2 aromatic rings. The number of amides is 1. The average Bonchev–Trinajstić information content (AvgIpc) is 3.02. The molecule has 0 radical (unpaired) electrons. The summed E-state index contributed by atoms with van der Waals surface area (Å²) in [4.78, 5) is 11.6. The van der Waals surface area contributed by atoms with Crippen LogP contribution in [0.1, 0.15) is 17.8 Å². The molecule has 0 aromatic carbocycles. The van der Waals surface area contributed by atoms with Crippen LogP contribution >= 0.6 is 23.1 Å². The van der Waals surface area contributed by atoms with E-state index in [1.165, 1.54) is 23.1 Å². The number of carbonyl (C=O) groups excluding carboxylic acids is 1. The summed E-state index contributed by atoms with van der Waals surface area (Å²) in [6.07, 6.45) is 0.872. The second-order valence-electron chi connectivity index (χ2n) is 4.35. The highest BCUT2D eigenvalue weighted by molar-refractivity contribution is 8.01. The van der Waals surface area contributed by atoms with Crippen LogP contribution in [-0.2, 0) is 11.3 Å². The van der Waals surface area contributed by atoms with E-state index >= 15 is 0 Å². The van der Waals surface area contributed by atoms with Gasteiger partial charge in [-0.25, -0.2) is 0 Å². The molecule has 1 N–H and O–H groups in total. The quantitative estimate of drug-likeness (QED) is 0.622. The third-order valence-electron chi connectivity index (χ3n) is 2.64. The number of aryl methyl sites for hydroxylation is 3. The minimum atomic E-state index is 0.0265. The Hall–Kier alpha value is -1.41. The van der Waals surface area contributed by atoms with Gasteiger partial charge in [0, 0.05) is 18.8 Å². The van der Waals surface area contributed by atoms with Gasteiger partial charge < -0.3 is 5.32 Å². The topological polar surface area (TPSA) is 72.7 Å². The number of thioether (sulfide) groups is 1. The van der Waals surface area contributed by atoms with Crippen molar-refractivity contribution in [2.24, 2.45) is 0 Å². The van der Waals surface area contributed by atoms with Crippen LogP contribution in [0.4, 0.5) is 0 Å². The maximum atomic E-state index is 11.6. The first-order valence-electron chi connectivity index (χ1n) is 6.32. The van der Waals surface area contributed by atoms with Crippen molar-refractivity contribution in [1.82, 2.24) is 25.3 Å². The third kappa shape index (κ3) is 4.61. The van der Waals surface area contributed by atoms with E-state index in [0.717, 1.165) is 28.7 Å². The van der Waals surface area contributed by atoms with Crippen molar-refractivity contribution in [2.45, 2.75) is 31.2 Å². The lowest BCUT2D eigenvalue weighted by atomic mass is 10.4. The molecule has 1 amide bonds. The van der Waals surface area contributed by atoms with Crippen molar-refractivity contribution in [2.75, 3.05) is 12.3 Å². The Kier molecular flexibility index (Phi) is 5.54. The lowest BCUT2D eigenvalue weighted by Gasteiger charge is -2.06. The number of hydrogen-bond acceptors (Lipinski definition) is 6. The Balaban J connectivity index is 1.61. The predicted molar refractivity (Wildman–Crippen MR) is 80.0 cm³/mol. The fourth-order valence-electron chi connectivity index (χ4n) is 1.76. The van der Waals surface area contributed by atoms with E-state index in [1.807, 2.05) is 18.5 Å². The van der Waals surface area contributed by atoms with Gasteiger partial charge in [0.2, 0.25) is 5.91 Å². The van der Waals surface area contributed by atoms with Crippen LogP contribution in [0.3, 0.4) is 0 Å². The van der Waals surface area contributed by atoms with Gasteiger partial charge in [-0.05, 0) is 26.3 Å². The lowest BCUT2D eigenvalue weighted by molar-refractivity contribution is -0.118. The van der Waals surface area contributed by atoms with Gasteiger partial charge in [0.05, 0.1) is 11.4 Å². The zero-order valence-corrected chi connectivity index (χ0v) is 13.1. The van der Waals surface area contributed by atoms with Gasteiger partial charge in [0.1, 0.15) is 5.51 Å². The Bertz CT molecular complexity index is 552. The van der Waals surface area contributed by atoms with Gasteiger partial charge in [-0.3, -0.25) is 9.48 Å². The van der Waals surface area contributed by atoms with Crippen LogP contribution < -0.4 is 5.32 Å². The molecule has 0 fully saturated rings. The minimum Gasteiger partial charge on any atom is -0.355 e. The van der Waals surface area contributed by atoms with Gasteiger partial charge in [0.25, 0.3) is 0 Å². The lowest BCUT2D eigenvalue weighted by Crippen LogP contribution is -2.27. The summed E-state index contributed by atoms with van der Waals surface area (Å²) in [5, 5.41) is 14.9. The summed E-state index contributed by atoms with van der Waals surface area (Å²) in [5.41, 5.74) is 3.84. The monoisotopic (exact) mass is 311 g/mol. The van der Waals surface area contributed by atoms with Crippen molar-refractivity contribution in [3.05, 3.63) is 23.0 Å². The van der Waals surface area contributed by atoms with Crippen LogP contribution in [0.2, 0.25) is 0 Å². The average molecular weight is 311 g/mol. The Morgan fingerprint density at radius 3 is 3.00 bits per heavy atom. The molecule has 2 heterocycles. The summed E-state index contributed by atoms with van der Waals surface area (Å²) in [5.74, 6) is 0.410. The van der Waals surface area contributed by atoms with Crippen molar-refractivity contribution >= 4 is 29.0 Å². The van der Waals surface area contributed by atoms with Crippen LogP contribution in [0, 0.1) is 13.8 Å². The summed E-state index contributed by atoms with van der Waals surface area (Å²) in [6.45, 7) is 5.50. The first-order valence-corrected chi connectivity index (χ1v) is 8.18. The molecule has 0 aliphatic carbocycles. The fraction of sp³-hybridized carbons (Fsp3) is 0.500. The zero-order chi connectivity index (χ0) is 14.4. The minimum absolute atomic E-state index is 0.0265. The Labute approximate surface area is 126 Å². The molecule has 2 rings (SSSR count). The number of carbonyl (C=O) groups is 1. The number of rotatable bonds is 7. The molecule has 0 saturated heterocycles. The van der Waals surface area contributed by atoms with Gasteiger partial charge in [-0.1, -0.05) is 23.1 Å². The van der Waals surface area contributed by atoms with E-state index in [9.17, 15) is 4.79 Å². The number of aromatic nitrogens is 4. The molecule has 6 nitrogen and oxygen atoms in total. The Morgan fingerprint density at radius 2 is 2.35 bits per heavy atom. The maximum Gasteiger partial charge on any atom is 0.230 e. The highest BCUT2D eigenvalue weighted by Crippen LogP contribution is 2.17. The second-order valence-corrected chi connectivity index (χ2v) is 6.40. The number of nitrogens with one attached hydrogen (secondary N) is 1. The third-order valence-corrected chi connectivity index (χ3v) is 4.50. The Morgan fingerprint density at radius 1 is 1.50 bits per heavy atom. The van der Waals surface area contributed by atoms with Crippen molar-refractivity contribution in [3.63, 3.8) is 0 Å². The first-order chi connectivity index (χ1) is 9.65. The normalized spacial score (nSPS) is 10.7. The molecule has 8 heteroatoms. The number of hydrogen-bond donors (Lipinski definition) is 1. The maximum absolute atomic E-state index is 11.6. The van der Waals surface area contributed by atoms with Crippen molar-refractivity contribution in [1.29, 1.82) is 0 Å². The molecule has 0 aliphatic rings. The molecule has 20 heavy (non-hydrogen) atoms. The number of nitrogens with zero attached hydrogens (tertiary/aromatic N) is 4. The fourth-order valence-corrected chi connectivity index (χ4v) is 3.08. The molecular formula is C12H17N5OS2. The van der Waals surface area contributed by atoms with E-state index < -0.39 is 0 Å². The second kappa shape index (κ2) is 7.39. The highest BCUT2D eigenvalue weighted by Gasteiger charge is 2.05. The van der Waals surface area contributed by atoms with Crippen LogP contribution in [0.5, 0.6) is 0 Å². The molecule has 0 bridgehead atoms.